The molecule has 0 radical (unpaired) electrons. The van der Waals surface area contributed by atoms with E-state index in [4.69, 9.17) is 16.7 Å². The minimum atomic E-state index is -1.03. The summed E-state index contributed by atoms with van der Waals surface area (Å²) >= 11 is 6.08. The molecule has 0 saturated heterocycles. The summed E-state index contributed by atoms with van der Waals surface area (Å²) in [4.78, 5) is 10.9. The summed E-state index contributed by atoms with van der Waals surface area (Å²) in [6.45, 7) is 5.97. The van der Waals surface area contributed by atoms with Crippen LogP contribution in [0.2, 0.25) is 5.15 Å². The van der Waals surface area contributed by atoms with Crippen molar-refractivity contribution >= 4 is 23.2 Å². The number of aromatic carboxylic acids is 1. The third-order valence-electron chi connectivity index (χ3n) is 2.38. The van der Waals surface area contributed by atoms with Gasteiger partial charge in [-0.1, -0.05) is 32.4 Å². The number of hydrogen-bond acceptors (Lipinski definition) is 3. The first kappa shape index (κ1) is 11.9. The van der Waals surface area contributed by atoms with Gasteiger partial charge >= 0.3 is 5.97 Å². The number of halogens is 1. The van der Waals surface area contributed by atoms with Crippen LogP contribution in [0.15, 0.2) is 12.1 Å². The molecule has 0 atom stereocenters. The second-order valence-electron chi connectivity index (χ2n) is 4.84. The van der Waals surface area contributed by atoms with Crippen LogP contribution in [-0.2, 0) is 5.41 Å². The average molecular weight is 254 g/mol. The van der Waals surface area contributed by atoms with Gasteiger partial charge in [0.2, 0.25) is 0 Å². The maximum Gasteiger partial charge on any atom is 0.335 e. The highest BCUT2D eigenvalue weighted by molar-refractivity contribution is 6.30. The molecule has 2 heterocycles. The lowest BCUT2D eigenvalue weighted by atomic mass is 9.96. The van der Waals surface area contributed by atoms with Gasteiger partial charge in [-0.05, 0) is 12.1 Å². The number of carbonyl (C=O) groups is 1. The number of nitrogens with zero attached hydrogens (tertiary/aromatic N) is 3. The summed E-state index contributed by atoms with van der Waals surface area (Å²) in [6.07, 6.45) is 0. The third kappa shape index (κ3) is 1.98. The largest absolute Gasteiger partial charge is 0.478 e. The maximum absolute atomic E-state index is 10.9. The lowest BCUT2D eigenvalue weighted by molar-refractivity contribution is 0.0697. The minimum absolute atomic E-state index is 0.107. The number of pyridine rings is 1. The number of rotatable bonds is 1. The molecule has 90 valence electrons. The van der Waals surface area contributed by atoms with Crippen molar-refractivity contribution < 1.29 is 9.90 Å². The third-order valence-corrected chi connectivity index (χ3v) is 2.66. The first-order valence-electron chi connectivity index (χ1n) is 5.09. The van der Waals surface area contributed by atoms with E-state index in [-0.39, 0.29) is 11.0 Å². The summed E-state index contributed by atoms with van der Waals surface area (Å²) in [7, 11) is 0. The Hall–Kier alpha value is -1.62. The van der Waals surface area contributed by atoms with E-state index in [9.17, 15) is 4.79 Å². The van der Waals surface area contributed by atoms with Crippen LogP contribution in [-0.4, -0.2) is 25.7 Å². The Balaban J connectivity index is 2.76. The lowest BCUT2D eigenvalue weighted by Gasteiger charge is -2.16. The predicted octanol–water partition coefficient (Wildman–Crippen LogP) is 2.38. The van der Waals surface area contributed by atoms with Crippen molar-refractivity contribution in [3.05, 3.63) is 28.7 Å². The van der Waals surface area contributed by atoms with Crippen LogP contribution in [0.1, 0.15) is 37.0 Å². The van der Waals surface area contributed by atoms with Gasteiger partial charge in [0, 0.05) is 5.41 Å². The van der Waals surface area contributed by atoms with Crippen LogP contribution in [0.3, 0.4) is 0 Å². The van der Waals surface area contributed by atoms with Gasteiger partial charge in [-0.2, -0.15) is 0 Å². The van der Waals surface area contributed by atoms with Crippen LogP contribution in [0.25, 0.3) is 5.65 Å². The minimum Gasteiger partial charge on any atom is -0.478 e. The molecule has 2 aromatic heterocycles. The van der Waals surface area contributed by atoms with E-state index >= 15 is 0 Å². The monoisotopic (exact) mass is 253 g/mol. The van der Waals surface area contributed by atoms with Crippen molar-refractivity contribution in [1.82, 2.24) is 14.6 Å². The van der Waals surface area contributed by atoms with Gasteiger partial charge in [-0.25, -0.2) is 4.79 Å². The van der Waals surface area contributed by atoms with Gasteiger partial charge < -0.3 is 5.11 Å². The van der Waals surface area contributed by atoms with Crippen molar-refractivity contribution in [3.8, 4) is 0 Å². The number of aromatic nitrogens is 3. The van der Waals surface area contributed by atoms with E-state index in [0.29, 0.717) is 16.6 Å². The highest BCUT2D eigenvalue weighted by atomic mass is 35.5. The number of hydrogen-bond donors (Lipinski definition) is 1. The molecule has 0 aliphatic heterocycles. The fraction of sp³-hybridized carbons (Fsp3) is 0.364. The van der Waals surface area contributed by atoms with Crippen LogP contribution in [0.5, 0.6) is 0 Å². The normalized spacial score (nSPS) is 12.0. The first-order chi connectivity index (χ1) is 7.80. The fourth-order valence-corrected chi connectivity index (χ4v) is 1.87. The standard InChI is InChI=1S/C11H12ClN3O2/c1-11(2,3)10-14-13-8-5-6(9(16)17)4-7(12)15(8)10/h4-5H,1-3H3,(H,16,17). The van der Waals surface area contributed by atoms with Gasteiger partial charge in [0.1, 0.15) is 11.0 Å². The van der Waals surface area contributed by atoms with E-state index < -0.39 is 5.97 Å². The molecule has 5 nitrogen and oxygen atoms in total. The van der Waals surface area contributed by atoms with Crippen LogP contribution < -0.4 is 0 Å². The van der Waals surface area contributed by atoms with Crippen molar-refractivity contribution in [2.45, 2.75) is 26.2 Å². The molecule has 0 amide bonds. The summed E-state index contributed by atoms with van der Waals surface area (Å²) in [5.41, 5.74) is 0.337. The van der Waals surface area contributed by atoms with E-state index in [1.165, 1.54) is 12.1 Å². The Kier molecular flexibility index (Phi) is 2.58. The predicted molar refractivity (Wildman–Crippen MR) is 63.7 cm³/mol. The van der Waals surface area contributed by atoms with E-state index in [1.807, 2.05) is 20.8 Å². The highest BCUT2D eigenvalue weighted by Crippen LogP contribution is 2.25. The molecular weight excluding hydrogens is 242 g/mol. The van der Waals surface area contributed by atoms with Crippen LogP contribution in [0, 0.1) is 0 Å². The molecule has 0 saturated carbocycles. The van der Waals surface area contributed by atoms with Gasteiger partial charge in [-0.15, -0.1) is 10.2 Å². The number of fused-ring (bicyclic) bond motifs is 1. The maximum atomic E-state index is 10.9. The Morgan fingerprint density at radius 1 is 1.35 bits per heavy atom. The second-order valence-corrected chi connectivity index (χ2v) is 5.23. The topological polar surface area (TPSA) is 67.5 Å². The molecule has 0 spiro atoms. The van der Waals surface area contributed by atoms with Crippen molar-refractivity contribution in [3.63, 3.8) is 0 Å². The van der Waals surface area contributed by atoms with Crippen LogP contribution >= 0.6 is 11.6 Å². The SMILES string of the molecule is CC(C)(C)c1nnc2cc(C(=O)O)cc(Cl)n12. The molecule has 0 fully saturated rings. The molecule has 0 aromatic carbocycles. The zero-order chi connectivity index (χ0) is 12.8. The summed E-state index contributed by atoms with van der Waals surface area (Å²) < 4.78 is 1.66. The van der Waals surface area contributed by atoms with Crippen LogP contribution in [0.4, 0.5) is 0 Å². The van der Waals surface area contributed by atoms with E-state index in [0.717, 1.165) is 0 Å². The number of carboxylic acid groups (broad SMARTS) is 1. The molecule has 6 heteroatoms. The summed E-state index contributed by atoms with van der Waals surface area (Å²) in [5.74, 6) is -0.329. The average Bonchev–Trinajstić information content (AvgIpc) is 2.60. The summed E-state index contributed by atoms with van der Waals surface area (Å²) in [6, 6.07) is 2.85. The van der Waals surface area contributed by atoms with Gasteiger partial charge in [0.05, 0.1) is 5.56 Å². The highest BCUT2D eigenvalue weighted by Gasteiger charge is 2.23. The second kappa shape index (κ2) is 3.70. The molecular formula is C11H12ClN3O2. The van der Waals surface area contributed by atoms with Crippen molar-refractivity contribution in [1.29, 1.82) is 0 Å². The molecule has 0 unspecified atom stereocenters. The van der Waals surface area contributed by atoms with E-state index in [1.54, 1.807) is 4.40 Å². The van der Waals surface area contributed by atoms with Gasteiger partial charge in [0.15, 0.2) is 5.65 Å². The van der Waals surface area contributed by atoms with Crippen molar-refractivity contribution in [2.75, 3.05) is 0 Å². The van der Waals surface area contributed by atoms with E-state index in [2.05, 4.69) is 10.2 Å². The van der Waals surface area contributed by atoms with Gasteiger partial charge in [-0.3, -0.25) is 4.40 Å². The molecule has 2 rings (SSSR count). The molecule has 0 aliphatic carbocycles. The molecule has 0 bridgehead atoms. The molecule has 2 aromatic rings. The number of carboxylic acids is 1. The quantitative estimate of drug-likeness (QED) is 0.793. The zero-order valence-electron chi connectivity index (χ0n) is 9.73. The lowest BCUT2D eigenvalue weighted by Crippen LogP contribution is -2.16. The Labute approximate surface area is 103 Å². The molecule has 1 N–H and O–H groups in total. The summed E-state index contributed by atoms with van der Waals surface area (Å²) in [5, 5.41) is 17.2. The zero-order valence-corrected chi connectivity index (χ0v) is 10.5. The Morgan fingerprint density at radius 3 is 2.53 bits per heavy atom. The smallest absolute Gasteiger partial charge is 0.335 e. The Bertz CT molecular complexity index is 599. The first-order valence-corrected chi connectivity index (χ1v) is 5.47. The fourth-order valence-electron chi connectivity index (χ4n) is 1.58. The van der Waals surface area contributed by atoms with Gasteiger partial charge in [0.25, 0.3) is 0 Å². The Morgan fingerprint density at radius 2 is 2.00 bits per heavy atom. The van der Waals surface area contributed by atoms with Crippen molar-refractivity contribution in [2.24, 2.45) is 0 Å². The molecule has 0 aliphatic rings. The molecule has 17 heavy (non-hydrogen) atoms.